The number of rotatable bonds is 3. The van der Waals surface area contributed by atoms with Gasteiger partial charge in [0.05, 0.1) is 6.54 Å². The number of alkyl carbamates (subject to hydrolysis) is 1. The van der Waals surface area contributed by atoms with Crippen LogP contribution in [0.1, 0.15) is 32.4 Å². The van der Waals surface area contributed by atoms with E-state index >= 15 is 0 Å². The van der Waals surface area contributed by atoms with Crippen molar-refractivity contribution < 1.29 is 15.3 Å². The molecular weight excluding hydrogens is 216 g/mol. The summed E-state index contributed by atoms with van der Waals surface area (Å²) in [5, 5.41) is 2.71. The van der Waals surface area contributed by atoms with Gasteiger partial charge in [-0.1, -0.05) is 30.3 Å². The van der Waals surface area contributed by atoms with Gasteiger partial charge >= 0.3 is 6.09 Å². The highest BCUT2D eigenvalue weighted by Crippen LogP contribution is 2.08. The molecule has 1 rings (SSSR count). The van der Waals surface area contributed by atoms with Crippen molar-refractivity contribution in [2.24, 2.45) is 0 Å². The highest BCUT2D eigenvalue weighted by atomic mass is 16.6. The molecular formula is C13H21N2O2+. The number of hydrogen-bond donors (Lipinski definition) is 2. The Morgan fingerprint density at radius 1 is 1.35 bits per heavy atom. The van der Waals surface area contributed by atoms with Gasteiger partial charge in [0, 0.05) is 5.56 Å². The van der Waals surface area contributed by atoms with Crippen LogP contribution in [0.3, 0.4) is 0 Å². The molecule has 0 bridgehead atoms. The van der Waals surface area contributed by atoms with Gasteiger partial charge in [-0.3, -0.25) is 0 Å². The normalized spacial score (nSPS) is 12.9. The molecule has 4 N–H and O–H groups in total. The second-order valence-corrected chi connectivity index (χ2v) is 4.99. The van der Waals surface area contributed by atoms with Gasteiger partial charge in [-0.15, -0.1) is 0 Å². The molecule has 0 saturated heterocycles. The Bertz CT molecular complexity index is 357. The molecule has 17 heavy (non-hydrogen) atoms. The van der Waals surface area contributed by atoms with Gasteiger partial charge < -0.3 is 15.8 Å². The fourth-order valence-corrected chi connectivity index (χ4v) is 1.36. The summed E-state index contributed by atoms with van der Waals surface area (Å²) in [4.78, 5) is 11.4. The van der Waals surface area contributed by atoms with Crippen LogP contribution in [0.25, 0.3) is 0 Å². The monoisotopic (exact) mass is 237 g/mol. The Labute approximate surface area is 102 Å². The number of quaternary nitrogens is 1. The smallest absolute Gasteiger partial charge is 0.407 e. The maximum Gasteiger partial charge on any atom is 0.407 e. The molecule has 1 amide bonds. The third-order valence-corrected chi connectivity index (χ3v) is 2.16. The van der Waals surface area contributed by atoms with Gasteiger partial charge in [0.15, 0.2) is 0 Å². The third kappa shape index (κ3) is 5.36. The van der Waals surface area contributed by atoms with E-state index in [1.165, 1.54) is 0 Å². The molecule has 1 aromatic rings. The maximum atomic E-state index is 11.4. The molecule has 0 spiro atoms. The van der Waals surface area contributed by atoms with Crippen LogP contribution in [-0.2, 0) is 4.74 Å². The van der Waals surface area contributed by atoms with Crippen molar-refractivity contribution in [1.29, 1.82) is 0 Å². The molecule has 0 heterocycles. The largest absolute Gasteiger partial charge is 0.444 e. The first-order valence-electron chi connectivity index (χ1n) is 5.73. The molecule has 0 saturated carbocycles. The standard InChI is InChI=1S/C13H20N2O2/c1-13(2,3)17-12(16)15-9-11(14)10-7-5-4-6-8-10/h4-8,11H,9,14H2,1-3H3,(H,15,16)/p+1/t11-/m1/s1. The van der Waals surface area contributed by atoms with Crippen LogP contribution in [0, 0.1) is 0 Å². The minimum atomic E-state index is -0.465. The maximum absolute atomic E-state index is 11.4. The highest BCUT2D eigenvalue weighted by Gasteiger charge is 2.17. The van der Waals surface area contributed by atoms with Gasteiger partial charge in [-0.2, -0.15) is 0 Å². The lowest BCUT2D eigenvalue weighted by Crippen LogP contribution is -2.58. The van der Waals surface area contributed by atoms with E-state index < -0.39 is 11.7 Å². The Morgan fingerprint density at radius 3 is 2.47 bits per heavy atom. The van der Waals surface area contributed by atoms with Crippen molar-refractivity contribution in [3.05, 3.63) is 35.9 Å². The predicted octanol–water partition coefficient (Wildman–Crippen LogP) is 1.49. The van der Waals surface area contributed by atoms with Gasteiger partial charge in [0.1, 0.15) is 11.6 Å². The van der Waals surface area contributed by atoms with E-state index in [9.17, 15) is 4.79 Å². The lowest BCUT2D eigenvalue weighted by Gasteiger charge is -2.20. The summed E-state index contributed by atoms with van der Waals surface area (Å²) in [6.45, 7) is 5.99. The van der Waals surface area contributed by atoms with Crippen molar-refractivity contribution in [3.8, 4) is 0 Å². The van der Waals surface area contributed by atoms with Crippen LogP contribution in [0.4, 0.5) is 4.79 Å². The fraction of sp³-hybridized carbons (Fsp3) is 0.462. The molecule has 0 aliphatic carbocycles. The van der Waals surface area contributed by atoms with E-state index in [1.54, 1.807) is 0 Å². The first-order valence-corrected chi connectivity index (χ1v) is 5.73. The Morgan fingerprint density at radius 2 is 1.94 bits per heavy atom. The molecule has 0 aliphatic rings. The summed E-state index contributed by atoms with van der Waals surface area (Å²) in [5.41, 5.74) is 4.64. The summed E-state index contributed by atoms with van der Waals surface area (Å²) in [6, 6.07) is 9.89. The molecule has 0 unspecified atom stereocenters. The van der Waals surface area contributed by atoms with E-state index in [0.717, 1.165) is 5.56 Å². The van der Waals surface area contributed by atoms with Crippen molar-refractivity contribution in [2.45, 2.75) is 32.4 Å². The van der Waals surface area contributed by atoms with Crippen LogP contribution < -0.4 is 11.1 Å². The number of amides is 1. The second kappa shape index (κ2) is 5.68. The average molecular weight is 237 g/mol. The molecule has 0 aliphatic heterocycles. The van der Waals surface area contributed by atoms with Gasteiger partial charge in [-0.05, 0) is 20.8 Å². The van der Waals surface area contributed by atoms with Crippen molar-refractivity contribution in [3.63, 3.8) is 0 Å². The lowest BCUT2D eigenvalue weighted by molar-refractivity contribution is -0.423. The van der Waals surface area contributed by atoms with Crippen molar-refractivity contribution >= 4 is 6.09 Å². The number of hydrogen-bond acceptors (Lipinski definition) is 2. The quantitative estimate of drug-likeness (QED) is 0.836. The van der Waals surface area contributed by atoms with E-state index in [1.807, 2.05) is 51.1 Å². The van der Waals surface area contributed by atoms with Gasteiger partial charge in [0.2, 0.25) is 0 Å². The summed E-state index contributed by atoms with van der Waals surface area (Å²) in [6.07, 6.45) is -0.401. The number of carbonyl (C=O) groups is 1. The predicted molar refractivity (Wildman–Crippen MR) is 66.3 cm³/mol. The number of carbonyl (C=O) groups excluding carboxylic acids is 1. The number of nitrogens with one attached hydrogen (secondary N) is 1. The lowest BCUT2D eigenvalue weighted by atomic mass is 10.1. The van der Waals surface area contributed by atoms with Crippen molar-refractivity contribution in [1.82, 2.24) is 5.32 Å². The van der Waals surface area contributed by atoms with Gasteiger partial charge in [0.25, 0.3) is 0 Å². The highest BCUT2D eigenvalue weighted by molar-refractivity contribution is 5.67. The first kappa shape index (κ1) is 13.5. The van der Waals surface area contributed by atoms with Crippen LogP contribution in [0.15, 0.2) is 30.3 Å². The van der Waals surface area contributed by atoms with E-state index in [2.05, 4.69) is 11.1 Å². The zero-order valence-electron chi connectivity index (χ0n) is 10.7. The molecule has 94 valence electrons. The van der Waals surface area contributed by atoms with Crippen LogP contribution in [0.2, 0.25) is 0 Å². The molecule has 4 heteroatoms. The zero-order valence-corrected chi connectivity index (χ0v) is 10.7. The average Bonchev–Trinajstić information content (AvgIpc) is 2.25. The fourth-order valence-electron chi connectivity index (χ4n) is 1.36. The van der Waals surface area contributed by atoms with E-state index in [0.29, 0.717) is 6.54 Å². The molecule has 1 atom stereocenters. The molecule has 0 aromatic heterocycles. The number of benzene rings is 1. The van der Waals surface area contributed by atoms with E-state index in [4.69, 9.17) is 4.74 Å². The van der Waals surface area contributed by atoms with Crippen molar-refractivity contribution in [2.75, 3.05) is 6.54 Å². The summed E-state index contributed by atoms with van der Waals surface area (Å²) >= 11 is 0. The summed E-state index contributed by atoms with van der Waals surface area (Å²) < 4.78 is 5.15. The topological polar surface area (TPSA) is 66.0 Å². The second-order valence-electron chi connectivity index (χ2n) is 4.99. The number of ether oxygens (including phenoxy) is 1. The van der Waals surface area contributed by atoms with Crippen LogP contribution in [-0.4, -0.2) is 18.2 Å². The summed E-state index contributed by atoms with van der Waals surface area (Å²) in [5.74, 6) is 0. The van der Waals surface area contributed by atoms with Gasteiger partial charge in [-0.25, -0.2) is 4.79 Å². The Kier molecular flexibility index (Phi) is 4.52. The summed E-state index contributed by atoms with van der Waals surface area (Å²) in [7, 11) is 0. The molecule has 4 nitrogen and oxygen atoms in total. The van der Waals surface area contributed by atoms with Crippen LogP contribution >= 0.6 is 0 Å². The minimum Gasteiger partial charge on any atom is -0.444 e. The third-order valence-electron chi connectivity index (χ3n) is 2.16. The molecule has 0 radical (unpaired) electrons. The van der Waals surface area contributed by atoms with E-state index in [-0.39, 0.29) is 6.04 Å². The van der Waals surface area contributed by atoms with Crippen LogP contribution in [0.5, 0.6) is 0 Å². The Balaban J connectivity index is 2.39. The Hall–Kier alpha value is -1.55. The minimum absolute atomic E-state index is 0.0312. The zero-order chi connectivity index (χ0) is 12.9. The SMILES string of the molecule is CC(C)(C)OC(=O)NC[C@@H]([NH3+])c1ccccc1. The first-order chi connectivity index (χ1) is 7.88. The molecule has 0 fully saturated rings. The molecule has 1 aromatic carbocycles.